The largest absolute Gasteiger partial charge is 0.397 e. The number of nitrogen functional groups attached to an aromatic ring is 1. The summed E-state index contributed by atoms with van der Waals surface area (Å²) in [5.74, 6) is -0.312. The van der Waals surface area contributed by atoms with Gasteiger partial charge in [0.05, 0.1) is 29.9 Å². The third kappa shape index (κ3) is 4.95. The highest BCUT2D eigenvalue weighted by Gasteiger charge is 2.26. The molecule has 3 rings (SSSR count). The summed E-state index contributed by atoms with van der Waals surface area (Å²) in [5.41, 5.74) is 9.50. The Morgan fingerprint density at radius 1 is 1.03 bits per heavy atom. The van der Waals surface area contributed by atoms with Gasteiger partial charge in [-0.25, -0.2) is 0 Å². The molecule has 0 aliphatic carbocycles. The van der Waals surface area contributed by atoms with Crippen LogP contribution in [0, 0.1) is 0 Å². The van der Waals surface area contributed by atoms with E-state index < -0.39 is 7.60 Å². The Hall–Kier alpha value is -2.44. The van der Waals surface area contributed by atoms with Gasteiger partial charge in [-0.3, -0.25) is 9.36 Å². The summed E-state index contributed by atoms with van der Waals surface area (Å²) in [6.07, 6.45) is 0. The van der Waals surface area contributed by atoms with Crippen LogP contribution in [0.1, 0.15) is 24.2 Å². The van der Waals surface area contributed by atoms with Crippen molar-refractivity contribution in [2.75, 3.05) is 24.3 Å². The van der Waals surface area contributed by atoms with E-state index in [1.54, 1.807) is 55.5 Å². The minimum absolute atomic E-state index is 0.263. The molecule has 6 nitrogen and oxygen atoms in total. The number of carbonyl (C=O) groups excluding carboxylic acids is 1. The fraction of sp³-hybridized carbons (Fsp3) is 0.190. The molecule has 0 aliphatic heterocycles. The zero-order valence-corrected chi connectivity index (χ0v) is 18.0. The van der Waals surface area contributed by atoms with Crippen LogP contribution in [0.3, 0.4) is 0 Å². The molecule has 0 spiro atoms. The quantitative estimate of drug-likeness (QED) is 0.381. The Labute approximate surface area is 174 Å². The number of hydrogen-bond acceptors (Lipinski definition) is 6. The molecule has 29 heavy (non-hydrogen) atoms. The van der Waals surface area contributed by atoms with Crippen LogP contribution in [0.25, 0.3) is 11.1 Å². The predicted octanol–water partition coefficient (Wildman–Crippen LogP) is 5.14. The molecular weight excluding hydrogens is 407 g/mol. The normalized spacial score (nSPS) is 11.4. The fourth-order valence-corrected chi connectivity index (χ4v) is 5.02. The number of rotatable bonds is 8. The van der Waals surface area contributed by atoms with Gasteiger partial charge >= 0.3 is 7.60 Å². The first kappa shape index (κ1) is 21.3. The van der Waals surface area contributed by atoms with Crippen LogP contribution < -0.4 is 16.4 Å². The van der Waals surface area contributed by atoms with Crippen molar-refractivity contribution in [2.24, 2.45) is 0 Å². The summed E-state index contributed by atoms with van der Waals surface area (Å²) < 4.78 is 23.5. The van der Waals surface area contributed by atoms with Gasteiger partial charge in [-0.05, 0) is 78.2 Å². The van der Waals surface area contributed by atoms with E-state index in [4.69, 9.17) is 14.8 Å². The van der Waals surface area contributed by atoms with Crippen LogP contribution in [0.5, 0.6) is 0 Å². The van der Waals surface area contributed by atoms with Crippen molar-refractivity contribution < 1.29 is 18.4 Å². The molecule has 3 aromatic rings. The number of thiophene rings is 1. The smallest absolute Gasteiger partial charge is 0.361 e. The zero-order chi connectivity index (χ0) is 20.9. The predicted molar refractivity (Wildman–Crippen MR) is 119 cm³/mol. The lowest BCUT2D eigenvalue weighted by atomic mass is 10.1. The first-order valence-electron chi connectivity index (χ1n) is 9.20. The Morgan fingerprint density at radius 3 is 2.31 bits per heavy atom. The minimum atomic E-state index is -3.38. The van der Waals surface area contributed by atoms with Crippen molar-refractivity contribution in [3.05, 3.63) is 64.9 Å². The number of amides is 1. The molecule has 0 atom stereocenters. The molecule has 0 aliphatic rings. The van der Waals surface area contributed by atoms with Crippen LogP contribution in [-0.4, -0.2) is 19.1 Å². The van der Waals surface area contributed by atoms with E-state index in [1.807, 2.05) is 29.0 Å². The van der Waals surface area contributed by atoms with E-state index in [0.29, 0.717) is 22.2 Å². The Balaban J connectivity index is 1.80. The molecule has 0 saturated heterocycles. The molecule has 1 heterocycles. The average molecular weight is 430 g/mol. The van der Waals surface area contributed by atoms with Crippen molar-refractivity contribution in [1.82, 2.24) is 0 Å². The second kappa shape index (κ2) is 9.37. The highest BCUT2D eigenvalue weighted by molar-refractivity contribution is 7.62. The Kier molecular flexibility index (Phi) is 6.87. The van der Waals surface area contributed by atoms with Crippen LogP contribution >= 0.6 is 18.9 Å². The molecule has 1 aromatic heterocycles. The molecule has 0 radical (unpaired) electrons. The summed E-state index contributed by atoms with van der Waals surface area (Å²) in [5, 5.41) is 7.29. The maximum Gasteiger partial charge on any atom is 0.361 e. The fourth-order valence-electron chi connectivity index (χ4n) is 2.79. The SMILES string of the molecule is CCOP(=O)(OCC)c1ccc(C(=O)Nc2cc(-c3ccsc3)ccc2N)cc1. The monoisotopic (exact) mass is 430 g/mol. The van der Waals surface area contributed by atoms with Gasteiger partial charge in [0.15, 0.2) is 0 Å². The number of anilines is 2. The standard InChI is InChI=1S/C21H23N2O4PS/c1-3-26-28(25,27-4-2)18-8-5-15(6-9-18)21(24)23-20-13-16(7-10-19(20)22)17-11-12-29-14-17/h5-14H,3-4,22H2,1-2H3,(H,23,24). The summed E-state index contributed by atoms with van der Waals surface area (Å²) in [7, 11) is -3.38. The molecule has 0 saturated carbocycles. The maximum atomic E-state index is 12.8. The molecule has 2 aromatic carbocycles. The highest BCUT2D eigenvalue weighted by Crippen LogP contribution is 2.46. The summed E-state index contributed by atoms with van der Waals surface area (Å²) in [6, 6.07) is 13.9. The molecule has 0 fully saturated rings. The third-order valence-corrected chi connectivity index (χ3v) is 7.01. The molecule has 152 valence electrons. The van der Waals surface area contributed by atoms with Crippen molar-refractivity contribution in [3.63, 3.8) is 0 Å². The van der Waals surface area contributed by atoms with E-state index in [9.17, 15) is 9.36 Å². The maximum absolute atomic E-state index is 12.8. The number of carbonyl (C=O) groups is 1. The van der Waals surface area contributed by atoms with E-state index in [-0.39, 0.29) is 19.1 Å². The zero-order valence-electron chi connectivity index (χ0n) is 16.3. The number of benzene rings is 2. The molecule has 0 bridgehead atoms. The van der Waals surface area contributed by atoms with E-state index in [2.05, 4.69) is 5.32 Å². The van der Waals surface area contributed by atoms with Crippen molar-refractivity contribution >= 4 is 41.5 Å². The average Bonchev–Trinajstić information content (AvgIpc) is 3.25. The van der Waals surface area contributed by atoms with E-state index >= 15 is 0 Å². The van der Waals surface area contributed by atoms with Crippen molar-refractivity contribution in [2.45, 2.75) is 13.8 Å². The van der Waals surface area contributed by atoms with Crippen molar-refractivity contribution in [3.8, 4) is 11.1 Å². The van der Waals surface area contributed by atoms with Crippen LogP contribution in [-0.2, 0) is 13.6 Å². The van der Waals surface area contributed by atoms with Gasteiger partial charge in [-0.15, -0.1) is 0 Å². The molecule has 1 amide bonds. The molecule has 0 unspecified atom stereocenters. The van der Waals surface area contributed by atoms with Crippen molar-refractivity contribution in [1.29, 1.82) is 0 Å². The van der Waals surface area contributed by atoms with Gasteiger partial charge in [0.2, 0.25) is 0 Å². The van der Waals surface area contributed by atoms with E-state index in [1.165, 1.54) is 0 Å². The van der Waals surface area contributed by atoms with Crippen LogP contribution in [0.2, 0.25) is 0 Å². The Bertz CT molecular complexity index is 1010. The second-order valence-corrected chi connectivity index (χ2v) is 8.96. The van der Waals surface area contributed by atoms with E-state index in [0.717, 1.165) is 11.1 Å². The van der Waals surface area contributed by atoms with Gasteiger partial charge in [-0.1, -0.05) is 6.07 Å². The van der Waals surface area contributed by atoms with Gasteiger partial charge in [0.25, 0.3) is 5.91 Å². The summed E-state index contributed by atoms with van der Waals surface area (Å²) in [6.45, 7) is 4.03. The number of nitrogens with two attached hydrogens (primary N) is 1. The molecule has 3 N–H and O–H groups in total. The first-order chi connectivity index (χ1) is 14.0. The lowest BCUT2D eigenvalue weighted by molar-refractivity contribution is 0.102. The lowest BCUT2D eigenvalue weighted by Crippen LogP contribution is -2.15. The first-order valence-corrected chi connectivity index (χ1v) is 11.7. The topological polar surface area (TPSA) is 90.6 Å². The van der Waals surface area contributed by atoms with Crippen LogP contribution in [0.15, 0.2) is 59.3 Å². The van der Waals surface area contributed by atoms with Gasteiger partial charge in [0.1, 0.15) is 0 Å². The summed E-state index contributed by atoms with van der Waals surface area (Å²) >= 11 is 1.60. The lowest BCUT2D eigenvalue weighted by Gasteiger charge is -2.17. The van der Waals surface area contributed by atoms with Gasteiger partial charge in [-0.2, -0.15) is 11.3 Å². The number of nitrogens with one attached hydrogen (secondary N) is 1. The van der Waals surface area contributed by atoms with Gasteiger partial charge in [0, 0.05) is 5.56 Å². The molecule has 8 heteroatoms. The second-order valence-electron chi connectivity index (χ2n) is 6.15. The molecular formula is C21H23N2O4PS. The number of hydrogen-bond donors (Lipinski definition) is 2. The van der Waals surface area contributed by atoms with Gasteiger partial charge < -0.3 is 20.1 Å². The van der Waals surface area contributed by atoms with Crippen LogP contribution in [0.4, 0.5) is 11.4 Å². The minimum Gasteiger partial charge on any atom is -0.397 e. The third-order valence-electron chi connectivity index (χ3n) is 4.20. The Morgan fingerprint density at radius 2 is 1.72 bits per heavy atom. The summed E-state index contributed by atoms with van der Waals surface area (Å²) in [4.78, 5) is 12.7. The highest BCUT2D eigenvalue weighted by atomic mass is 32.1.